The van der Waals surface area contributed by atoms with Crippen molar-refractivity contribution in [3.05, 3.63) is 62.5 Å². The molecule has 122 valence electrons. The van der Waals surface area contributed by atoms with Gasteiger partial charge in [-0.15, -0.1) is 0 Å². The molecule has 1 saturated heterocycles. The van der Waals surface area contributed by atoms with Gasteiger partial charge in [0.25, 0.3) is 0 Å². The van der Waals surface area contributed by atoms with Crippen molar-refractivity contribution >= 4 is 59.4 Å². The van der Waals surface area contributed by atoms with Gasteiger partial charge in [0.15, 0.2) is 0 Å². The molecule has 0 radical (unpaired) electrons. The van der Waals surface area contributed by atoms with Crippen LogP contribution in [0.15, 0.2) is 45.8 Å². The van der Waals surface area contributed by atoms with Crippen molar-refractivity contribution < 1.29 is 9.59 Å². The van der Waals surface area contributed by atoms with Gasteiger partial charge in [-0.1, -0.05) is 0 Å². The Balaban J connectivity index is 1.51. The van der Waals surface area contributed by atoms with Gasteiger partial charge in [-0.25, -0.2) is 0 Å². The maximum atomic E-state index is 12.3. The van der Waals surface area contributed by atoms with Crippen LogP contribution in [0.1, 0.15) is 20.4 Å². The van der Waals surface area contributed by atoms with Gasteiger partial charge in [0.2, 0.25) is 0 Å². The van der Waals surface area contributed by atoms with Crippen LogP contribution in [0.3, 0.4) is 0 Å². The van der Waals surface area contributed by atoms with E-state index >= 15 is 0 Å². The molecule has 2 aromatic rings. The number of hydrogen-bond donors (Lipinski definition) is 2. The van der Waals surface area contributed by atoms with Crippen LogP contribution in [0.4, 0.5) is 10.5 Å². The van der Waals surface area contributed by atoms with Crippen LogP contribution < -0.4 is 14.4 Å². The van der Waals surface area contributed by atoms with Crippen molar-refractivity contribution in [2.45, 2.75) is 15.3 Å². The molecule has 0 aromatic heterocycles. The van der Waals surface area contributed by atoms with Crippen LogP contribution in [-0.2, 0) is 11.2 Å². The van der Waals surface area contributed by atoms with Crippen LogP contribution in [0.5, 0.6) is 0 Å². The van der Waals surface area contributed by atoms with E-state index in [4.69, 9.17) is 5.73 Å². The number of anilines is 1. The summed E-state index contributed by atoms with van der Waals surface area (Å²) in [6, 6.07) is 14.5. The molecule has 1 fully saturated rings. The number of nitrogens with two attached hydrogens (primary N) is 1. The molecule has 2 unspecified atom stereocenters. The Labute approximate surface area is 157 Å². The van der Waals surface area contributed by atoms with Crippen molar-refractivity contribution in [3.63, 3.8) is 0 Å². The molecule has 4 bridgehead atoms. The molecule has 2 atom stereocenters. The monoisotopic (exact) mass is 450 g/mol. The Hall–Kier alpha value is -1.66. The zero-order valence-corrected chi connectivity index (χ0v) is 17.5. The number of imide groups is 1. The number of rotatable bonds is 3. The van der Waals surface area contributed by atoms with Crippen LogP contribution in [0.25, 0.3) is 6.08 Å². The summed E-state index contributed by atoms with van der Waals surface area (Å²) in [6.07, 6.45) is 3.29. The van der Waals surface area contributed by atoms with E-state index < -0.39 is 21.4 Å². The second-order valence-corrected chi connectivity index (χ2v) is 16.6. The van der Waals surface area contributed by atoms with Crippen molar-refractivity contribution in [1.29, 1.82) is 0 Å². The first-order valence-electron chi connectivity index (χ1n) is 8.31. The number of nitrogens with one attached hydrogen (secondary N) is 1. The summed E-state index contributed by atoms with van der Waals surface area (Å²) in [5, 5.41) is 2.02. The number of nitrogen functional groups attached to an aromatic ring is 1. The van der Waals surface area contributed by atoms with Crippen molar-refractivity contribution in [3.8, 4) is 0 Å². The van der Waals surface area contributed by atoms with Gasteiger partial charge in [0.1, 0.15) is 0 Å². The minimum absolute atomic E-state index is 0.108. The molecule has 0 spiro atoms. The second-order valence-electron chi connectivity index (χ2n) is 6.81. The predicted molar refractivity (Wildman–Crippen MR) is 102 cm³/mol. The molecular weight excluding hydrogens is 435 g/mol. The second kappa shape index (κ2) is 5.68. The van der Waals surface area contributed by atoms with Crippen molar-refractivity contribution in [1.82, 2.24) is 5.32 Å². The molecule has 3 aliphatic rings. The normalized spacial score (nSPS) is 23.2. The Morgan fingerprint density at radius 1 is 1.12 bits per heavy atom. The number of carbonyl (C=O) groups excluding carboxylic acids is 2. The fraction of sp³-hybridized carbons (Fsp3) is 0.158. The quantitative estimate of drug-likeness (QED) is 0.704. The Morgan fingerprint density at radius 2 is 1.92 bits per heavy atom. The van der Waals surface area contributed by atoms with Crippen LogP contribution in [-0.4, -0.2) is 37.8 Å². The van der Waals surface area contributed by atoms with E-state index in [1.54, 1.807) is 0 Å². The van der Waals surface area contributed by atoms with E-state index in [0.717, 1.165) is 12.1 Å². The number of thioether (sulfide) groups is 1. The molecule has 4 nitrogen and oxygen atoms in total. The average Bonchev–Trinajstić information content (AvgIpc) is 3.15. The van der Waals surface area contributed by atoms with Crippen LogP contribution in [0.2, 0.25) is 0 Å². The standard InChI is InChI=1S/C19H15N2O2S.In/c20-16-10-8-13(9-11-16)4-3-7-14-5-1-2-6-15(14)12-17-18(22)21-19(23)24-17;/h1-2,6-12,17H,4,20H2,(H,21,22,23);. The molecule has 3 N–H and O–H groups in total. The Morgan fingerprint density at radius 3 is 2.60 bits per heavy atom. The fourth-order valence-electron chi connectivity index (χ4n) is 4.39. The average molecular weight is 450 g/mol. The number of allylic oxidation sites excluding steroid dienone is 1. The van der Waals surface area contributed by atoms with Crippen molar-refractivity contribution in [2.24, 2.45) is 0 Å². The third kappa shape index (κ3) is 2.38. The topological polar surface area (TPSA) is 72.2 Å². The number of benzene rings is 2. The summed E-state index contributed by atoms with van der Waals surface area (Å²) in [5.41, 5.74) is 10.5. The zero-order chi connectivity index (χ0) is 17.1. The van der Waals surface area contributed by atoms with E-state index in [-0.39, 0.29) is 20.1 Å². The van der Waals surface area contributed by atoms with Gasteiger partial charge in [0, 0.05) is 0 Å². The summed E-state index contributed by atoms with van der Waals surface area (Å²) in [5.74, 6) is -0.108. The molecule has 2 amide bonds. The summed E-state index contributed by atoms with van der Waals surface area (Å²) in [4.78, 5) is 24.0. The van der Waals surface area contributed by atoms with Gasteiger partial charge >= 0.3 is 158 Å². The maximum absolute atomic E-state index is 12.3. The number of amides is 2. The van der Waals surface area contributed by atoms with Gasteiger partial charge in [-0.2, -0.15) is 0 Å². The van der Waals surface area contributed by atoms with Crippen molar-refractivity contribution in [2.75, 3.05) is 5.73 Å². The summed E-state index contributed by atoms with van der Waals surface area (Å²) in [7, 11) is 0. The van der Waals surface area contributed by atoms with Gasteiger partial charge in [-0.05, 0) is 0 Å². The zero-order valence-electron chi connectivity index (χ0n) is 13.4. The molecule has 3 heterocycles. The molecule has 25 heavy (non-hydrogen) atoms. The SMILES string of the molecule is Nc1ccc(C[C]2=Cc3c4ccc[c]3[In]2[CH]4C2SC(=O)NC2=O)cc1. The van der Waals surface area contributed by atoms with E-state index in [1.807, 2.05) is 12.1 Å². The molecule has 3 aliphatic heterocycles. The first-order valence-corrected chi connectivity index (χ1v) is 14.4. The third-order valence-corrected chi connectivity index (χ3v) is 18.1. The fourth-order valence-corrected chi connectivity index (χ4v) is 18.7. The Kier molecular flexibility index (Phi) is 3.54. The van der Waals surface area contributed by atoms with Gasteiger partial charge < -0.3 is 0 Å². The van der Waals surface area contributed by atoms with Gasteiger partial charge in [-0.3, -0.25) is 0 Å². The van der Waals surface area contributed by atoms with E-state index in [1.165, 1.54) is 35.1 Å². The molecule has 0 aliphatic carbocycles. The molecule has 5 rings (SSSR count). The summed E-state index contributed by atoms with van der Waals surface area (Å²) >= 11 is -1.19. The van der Waals surface area contributed by atoms with E-state index in [2.05, 4.69) is 41.7 Å². The first-order chi connectivity index (χ1) is 12.1. The summed E-state index contributed by atoms with van der Waals surface area (Å²) < 4.78 is 3.28. The Bertz CT molecular complexity index is 954. The van der Waals surface area contributed by atoms with Crippen LogP contribution in [0, 0.1) is 0 Å². The minimum atomic E-state index is -2.37. The molecule has 2 aromatic carbocycles. The number of hydrogen-bond acceptors (Lipinski definition) is 4. The van der Waals surface area contributed by atoms with Crippen LogP contribution >= 0.6 is 11.8 Å². The molecule has 0 saturated carbocycles. The summed E-state index contributed by atoms with van der Waals surface area (Å²) in [6.45, 7) is 0. The molecular formula is C19H15InN2O2S. The predicted octanol–water partition coefficient (Wildman–Crippen LogP) is 2.14. The van der Waals surface area contributed by atoms with Gasteiger partial charge in [0.05, 0.1) is 0 Å². The van der Waals surface area contributed by atoms with E-state index in [9.17, 15) is 9.59 Å². The number of carbonyl (C=O) groups is 2. The first kappa shape index (κ1) is 15.6. The molecule has 6 heteroatoms. The van der Waals surface area contributed by atoms with E-state index in [0.29, 0.717) is 0 Å². The third-order valence-electron chi connectivity index (χ3n) is 5.39.